The highest BCUT2D eigenvalue weighted by Crippen LogP contribution is 2.33. The van der Waals surface area contributed by atoms with Gasteiger partial charge in [-0.25, -0.2) is 4.79 Å². The van der Waals surface area contributed by atoms with Gasteiger partial charge in [-0.1, -0.05) is 27.7 Å². The summed E-state index contributed by atoms with van der Waals surface area (Å²) in [4.78, 5) is 35.9. The van der Waals surface area contributed by atoms with Gasteiger partial charge in [0.05, 0.1) is 0 Å². The average Bonchev–Trinajstić information content (AvgIpc) is 2.07. The lowest BCUT2D eigenvalue weighted by molar-refractivity contribution is -0.165. The molecule has 0 saturated carbocycles. The highest BCUT2D eigenvalue weighted by molar-refractivity contribution is 6.01. The smallest absolute Gasteiger partial charge is 0.327 e. The second kappa shape index (κ2) is 4.47. The molecule has 1 N–H and O–H groups in total. The third-order valence-electron chi connectivity index (χ3n) is 2.96. The second-order valence-corrected chi connectivity index (χ2v) is 5.70. The molecule has 0 aromatic heterocycles. The van der Waals surface area contributed by atoms with Crippen LogP contribution in [0.1, 0.15) is 40.5 Å². The van der Waals surface area contributed by atoms with Crippen LogP contribution in [0.15, 0.2) is 0 Å². The van der Waals surface area contributed by atoms with Gasteiger partial charge in [0, 0.05) is 12.8 Å². The summed E-state index contributed by atoms with van der Waals surface area (Å²) in [5.41, 5.74) is -0.370. The number of imide groups is 1. The molecule has 1 aliphatic rings. The first-order valence-corrected chi connectivity index (χ1v) is 5.73. The molecule has 1 atom stereocenters. The van der Waals surface area contributed by atoms with E-state index in [4.69, 9.17) is 5.11 Å². The van der Waals surface area contributed by atoms with Crippen molar-refractivity contribution in [3.63, 3.8) is 0 Å². The van der Waals surface area contributed by atoms with Crippen molar-refractivity contribution in [2.75, 3.05) is 0 Å². The fraction of sp³-hybridized carbons (Fsp3) is 0.750. The minimum Gasteiger partial charge on any atom is -0.480 e. The molecule has 0 bridgehead atoms. The number of carboxylic acids is 1. The molecule has 0 aromatic carbocycles. The lowest BCUT2D eigenvalue weighted by Gasteiger charge is -2.38. The van der Waals surface area contributed by atoms with E-state index >= 15 is 0 Å². The molecule has 96 valence electrons. The standard InChI is InChI=1S/C12H19NO4/c1-7(2)10(11(16)17)13-8(14)5-12(3,4)6-9(13)15/h7,10H,5-6H2,1-4H3,(H,16,17)/t10-/m0/s1. The molecule has 5 nitrogen and oxygen atoms in total. The van der Waals surface area contributed by atoms with Gasteiger partial charge in [-0.2, -0.15) is 0 Å². The minimum absolute atomic E-state index is 0.217. The number of hydrogen-bond donors (Lipinski definition) is 1. The summed E-state index contributed by atoms with van der Waals surface area (Å²) >= 11 is 0. The van der Waals surface area contributed by atoms with Crippen molar-refractivity contribution >= 4 is 17.8 Å². The summed E-state index contributed by atoms with van der Waals surface area (Å²) in [7, 11) is 0. The van der Waals surface area contributed by atoms with E-state index in [0.29, 0.717) is 0 Å². The topological polar surface area (TPSA) is 74.7 Å². The predicted octanol–water partition coefficient (Wildman–Crippen LogP) is 1.27. The van der Waals surface area contributed by atoms with Crippen molar-refractivity contribution in [3.05, 3.63) is 0 Å². The number of aliphatic carboxylic acids is 1. The van der Waals surface area contributed by atoms with Gasteiger partial charge in [0.25, 0.3) is 0 Å². The number of amides is 2. The maximum Gasteiger partial charge on any atom is 0.327 e. The largest absolute Gasteiger partial charge is 0.480 e. The first-order valence-electron chi connectivity index (χ1n) is 5.73. The third-order valence-corrected chi connectivity index (χ3v) is 2.96. The van der Waals surface area contributed by atoms with E-state index in [1.807, 2.05) is 13.8 Å². The number of piperidine rings is 1. The Labute approximate surface area is 101 Å². The van der Waals surface area contributed by atoms with Crippen molar-refractivity contribution in [3.8, 4) is 0 Å². The molecule has 17 heavy (non-hydrogen) atoms. The van der Waals surface area contributed by atoms with Crippen LogP contribution in [0.25, 0.3) is 0 Å². The number of likely N-dealkylation sites (tertiary alicyclic amines) is 1. The molecule has 1 saturated heterocycles. The van der Waals surface area contributed by atoms with Crippen molar-refractivity contribution in [2.45, 2.75) is 46.6 Å². The Morgan fingerprint density at radius 3 is 1.94 bits per heavy atom. The zero-order valence-electron chi connectivity index (χ0n) is 10.7. The van der Waals surface area contributed by atoms with Gasteiger partial charge in [0.15, 0.2) is 0 Å². The lowest BCUT2D eigenvalue weighted by atomic mass is 9.80. The van der Waals surface area contributed by atoms with E-state index in [9.17, 15) is 14.4 Å². The summed E-state index contributed by atoms with van der Waals surface area (Å²) in [5, 5.41) is 9.12. The Morgan fingerprint density at radius 2 is 1.65 bits per heavy atom. The van der Waals surface area contributed by atoms with E-state index in [0.717, 1.165) is 4.90 Å². The van der Waals surface area contributed by atoms with E-state index in [1.165, 1.54) is 0 Å². The number of nitrogens with zero attached hydrogens (tertiary/aromatic N) is 1. The molecule has 1 aliphatic heterocycles. The van der Waals surface area contributed by atoms with Crippen LogP contribution < -0.4 is 0 Å². The maximum absolute atomic E-state index is 11.9. The summed E-state index contributed by atoms with van der Waals surface area (Å²) in [6.07, 6.45) is 0.435. The summed E-state index contributed by atoms with van der Waals surface area (Å²) in [6.45, 7) is 7.06. The molecule has 0 unspecified atom stereocenters. The molecule has 1 fully saturated rings. The maximum atomic E-state index is 11.9. The Bertz CT molecular complexity index is 340. The first kappa shape index (κ1) is 13.7. The molecule has 0 aromatic rings. The summed E-state index contributed by atoms with van der Waals surface area (Å²) in [5.74, 6) is -2.18. The Kier molecular flexibility index (Phi) is 3.59. The molecule has 2 amide bonds. The number of carbonyl (C=O) groups excluding carboxylic acids is 2. The SMILES string of the molecule is CC(C)[C@@H](C(=O)O)N1C(=O)CC(C)(C)CC1=O. The lowest BCUT2D eigenvalue weighted by Crippen LogP contribution is -2.55. The second-order valence-electron chi connectivity index (χ2n) is 5.70. The summed E-state index contributed by atoms with van der Waals surface area (Å²) in [6, 6.07) is -1.05. The first-order chi connectivity index (χ1) is 7.65. The molecular weight excluding hydrogens is 222 g/mol. The molecular formula is C12H19NO4. The van der Waals surface area contributed by atoms with Gasteiger partial charge in [-0.15, -0.1) is 0 Å². The molecule has 0 radical (unpaired) electrons. The van der Waals surface area contributed by atoms with E-state index in [2.05, 4.69) is 0 Å². The van der Waals surface area contributed by atoms with Gasteiger partial charge >= 0.3 is 5.97 Å². The van der Waals surface area contributed by atoms with Crippen molar-refractivity contribution in [1.29, 1.82) is 0 Å². The molecule has 5 heteroatoms. The zero-order chi connectivity index (χ0) is 13.4. The Balaban J connectivity index is 3.01. The monoisotopic (exact) mass is 241 g/mol. The van der Waals surface area contributed by atoms with E-state index in [-0.39, 0.29) is 36.0 Å². The van der Waals surface area contributed by atoms with Gasteiger partial charge in [-0.3, -0.25) is 14.5 Å². The van der Waals surface area contributed by atoms with Crippen LogP contribution in [0.5, 0.6) is 0 Å². The van der Waals surface area contributed by atoms with Crippen molar-refractivity contribution in [2.24, 2.45) is 11.3 Å². The molecule has 0 spiro atoms. The fourth-order valence-electron chi connectivity index (χ4n) is 2.19. The molecule has 0 aliphatic carbocycles. The molecule has 1 heterocycles. The van der Waals surface area contributed by atoms with Crippen molar-refractivity contribution in [1.82, 2.24) is 4.90 Å². The van der Waals surface area contributed by atoms with Crippen LogP contribution in [0.2, 0.25) is 0 Å². The van der Waals surface area contributed by atoms with Crippen LogP contribution >= 0.6 is 0 Å². The van der Waals surface area contributed by atoms with Crippen LogP contribution in [0.4, 0.5) is 0 Å². The molecule has 1 rings (SSSR count). The predicted molar refractivity (Wildman–Crippen MR) is 61.1 cm³/mol. The van der Waals surface area contributed by atoms with E-state index < -0.39 is 12.0 Å². The van der Waals surface area contributed by atoms with Crippen LogP contribution in [-0.2, 0) is 14.4 Å². The quantitative estimate of drug-likeness (QED) is 0.755. The van der Waals surface area contributed by atoms with Gasteiger partial charge < -0.3 is 5.11 Å². The Morgan fingerprint density at radius 1 is 1.24 bits per heavy atom. The Hall–Kier alpha value is -1.39. The fourth-order valence-corrected chi connectivity index (χ4v) is 2.19. The summed E-state index contributed by atoms with van der Waals surface area (Å²) < 4.78 is 0. The van der Waals surface area contributed by atoms with Crippen LogP contribution in [0, 0.1) is 11.3 Å². The van der Waals surface area contributed by atoms with Gasteiger partial charge in [0.2, 0.25) is 11.8 Å². The highest BCUT2D eigenvalue weighted by Gasteiger charge is 2.44. The number of rotatable bonds is 3. The van der Waals surface area contributed by atoms with Crippen LogP contribution in [0.3, 0.4) is 0 Å². The van der Waals surface area contributed by atoms with Crippen molar-refractivity contribution < 1.29 is 19.5 Å². The number of carbonyl (C=O) groups is 3. The number of carboxylic acid groups (broad SMARTS) is 1. The zero-order valence-corrected chi connectivity index (χ0v) is 10.7. The minimum atomic E-state index is -1.12. The highest BCUT2D eigenvalue weighted by atomic mass is 16.4. The normalized spacial score (nSPS) is 21.8. The van der Waals surface area contributed by atoms with E-state index in [1.54, 1.807) is 13.8 Å². The third kappa shape index (κ3) is 2.84. The van der Waals surface area contributed by atoms with Gasteiger partial charge in [0.1, 0.15) is 6.04 Å². The van der Waals surface area contributed by atoms with Crippen LogP contribution in [-0.4, -0.2) is 33.8 Å². The van der Waals surface area contributed by atoms with Gasteiger partial charge in [-0.05, 0) is 11.3 Å². The number of hydrogen-bond acceptors (Lipinski definition) is 3. The average molecular weight is 241 g/mol.